The summed E-state index contributed by atoms with van der Waals surface area (Å²) in [5.41, 5.74) is 2.33. The van der Waals surface area contributed by atoms with Gasteiger partial charge in [0.05, 0.1) is 19.1 Å². The van der Waals surface area contributed by atoms with Crippen LogP contribution in [0.3, 0.4) is 0 Å². The molecule has 2 N–H and O–H groups in total. The molecule has 1 atom stereocenters. The number of anilines is 1. The summed E-state index contributed by atoms with van der Waals surface area (Å²) in [5.74, 6) is 0.233. The molecule has 3 rings (SSSR count). The van der Waals surface area contributed by atoms with Gasteiger partial charge in [-0.1, -0.05) is 48.5 Å². The zero-order chi connectivity index (χ0) is 23.1. The number of methoxy groups -OCH3 is 2. The lowest BCUT2D eigenvalue weighted by atomic mass is 10.1. The zero-order valence-corrected chi connectivity index (χ0v) is 19.0. The third-order valence-corrected chi connectivity index (χ3v) is 6.43. The molecule has 0 aliphatic heterocycles. The van der Waals surface area contributed by atoms with E-state index in [4.69, 9.17) is 9.47 Å². The van der Waals surface area contributed by atoms with Gasteiger partial charge in [-0.3, -0.25) is 4.79 Å². The van der Waals surface area contributed by atoms with Crippen LogP contribution in [0.2, 0.25) is 0 Å². The van der Waals surface area contributed by atoms with E-state index < -0.39 is 22.0 Å². The molecule has 3 aromatic rings. The van der Waals surface area contributed by atoms with Crippen LogP contribution < -0.4 is 19.5 Å². The molecule has 0 aliphatic rings. The van der Waals surface area contributed by atoms with Crippen LogP contribution in [-0.4, -0.2) is 34.6 Å². The number of sulfonamides is 1. The lowest BCUT2D eigenvalue weighted by Crippen LogP contribution is -2.45. The van der Waals surface area contributed by atoms with E-state index in [-0.39, 0.29) is 17.1 Å². The number of rotatable bonds is 9. The molecule has 0 heterocycles. The molecule has 0 bridgehead atoms. The highest BCUT2D eigenvalue weighted by atomic mass is 32.2. The fraction of sp³-hybridized carbons (Fsp3) is 0.208. The second kappa shape index (κ2) is 10.3. The SMILES string of the molecule is COc1ccc(S(=O)(=O)N[C@@H](Cc2ccccc2)C(=O)Nc2ccccc2C)cc1OC. The van der Waals surface area contributed by atoms with Gasteiger partial charge in [-0.15, -0.1) is 0 Å². The minimum atomic E-state index is -4.03. The van der Waals surface area contributed by atoms with Crippen LogP contribution in [0.15, 0.2) is 77.7 Å². The van der Waals surface area contributed by atoms with E-state index in [9.17, 15) is 13.2 Å². The number of amides is 1. The van der Waals surface area contributed by atoms with E-state index in [1.54, 1.807) is 6.07 Å². The predicted molar refractivity (Wildman–Crippen MR) is 124 cm³/mol. The number of nitrogens with one attached hydrogen (secondary N) is 2. The van der Waals surface area contributed by atoms with Crippen molar-refractivity contribution in [3.8, 4) is 11.5 Å². The van der Waals surface area contributed by atoms with Crippen LogP contribution in [0.4, 0.5) is 5.69 Å². The van der Waals surface area contributed by atoms with Crippen molar-refractivity contribution in [3.63, 3.8) is 0 Å². The Morgan fingerprint density at radius 1 is 0.906 bits per heavy atom. The fourth-order valence-electron chi connectivity index (χ4n) is 3.21. The van der Waals surface area contributed by atoms with E-state index >= 15 is 0 Å². The number of carbonyl (C=O) groups is 1. The minimum Gasteiger partial charge on any atom is -0.493 e. The molecule has 0 radical (unpaired) electrons. The first-order chi connectivity index (χ1) is 15.3. The number of aryl methyl sites for hydroxylation is 1. The highest BCUT2D eigenvalue weighted by Gasteiger charge is 2.27. The molecule has 168 valence electrons. The largest absolute Gasteiger partial charge is 0.493 e. The third kappa shape index (κ3) is 5.66. The average Bonchev–Trinajstić information content (AvgIpc) is 2.80. The van der Waals surface area contributed by atoms with Gasteiger partial charge >= 0.3 is 0 Å². The Bertz CT molecular complexity index is 1180. The Balaban J connectivity index is 1.90. The number of hydrogen-bond donors (Lipinski definition) is 2. The van der Waals surface area contributed by atoms with Gasteiger partial charge in [0.25, 0.3) is 0 Å². The van der Waals surface area contributed by atoms with Crippen molar-refractivity contribution in [2.24, 2.45) is 0 Å². The van der Waals surface area contributed by atoms with Gasteiger partial charge in [0.1, 0.15) is 6.04 Å². The lowest BCUT2D eigenvalue weighted by molar-refractivity contribution is -0.117. The maximum Gasteiger partial charge on any atom is 0.242 e. The second-order valence-corrected chi connectivity index (χ2v) is 8.90. The van der Waals surface area contributed by atoms with Crippen molar-refractivity contribution in [2.75, 3.05) is 19.5 Å². The average molecular weight is 455 g/mol. The van der Waals surface area contributed by atoms with Crippen molar-refractivity contribution in [2.45, 2.75) is 24.3 Å². The van der Waals surface area contributed by atoms with E-state index in [1.165, 1.54) is 32.4 Å². The molecule has 32 heavy (non-hydrogen) atoms. The maximum atomic E-state index is 13.1. The lowest BCUT2D eigenvalue weighted by Gasteiger charge is -2.20. The predicted octanol–water partition coefficient (Wildman–Crippen LogP) is 3.54. The Hall–Kier alpha value is -3.36. The first kappa shape index (κ1) is 23.3. The van der Waals surface area contributed by atoms with Gasteiger partial charge < -0.3 is 14.8 Å². The maximum absolute atomic E-state index is 13.1. The molecule has 0 aliphatic carbocycles. The van der Waals surface area contributed by atoms with Crippen molar-refractivity contribution >= 4 is 21.6 Å². The topological polar surface area (TPSA) is 93.7 Å². The van der Waals surface area contributed by atoms with Gasteiger partial charge in [-0.25, -0.2) is 8.42 Å². The summed E-state index contributed by atoms with van der Waals surface area (Å²) in [6.45, 7) is 1.87. The van der Waals surface area contributed by atoms with Crippen LogP contribution in [0.5, 0.6) is 11.5 Å². The Labute approximate surface area is 188 Å². The van der Waals surface area contributed by atoms with Gasteiger partial charge in [-0.2, -0.15) is 4.72 Å². The zero-order valence-electron chi connectivity index (χ0n) is 18.2. The summed E-state index contributed by atoms with van der Waals surface area (Å²) in [6.07, 6.45) is 0.186. The summed E-state index contributed by atoms with van der Waals surface area (Å²) in [4.78, 5) is 13.1. The molecule has 0 unspecified atom stereocenters. The van der Waals surface area contributed by atoms with Gasteiger partial charge in [-0.05, 0) is 42.7 Å². The summed E-state index contributed by atoms with van der Waals surface area (Å²) in [5, 5.41) is 2.83. The molecule has 0 spiro atoms. The van der Waals surface area contributed by atoms with E-state index in [0.717, 1.165) is 11.1 Å². The standard InChI is InChI=1S/C24H26N2O5S/c1-17-9-7-8-12-20(17)25-24(27)21(15-18-10-5-4-6-11-18)26-32(28,29)19-13-14-22(30-2)23(16-19)31-3/h4-14,16,21,26H,15H2,1-3H3,(H,25,27)/t21-/m0/s1. The van der Waals surface area contributed by atoms with Crippen LogP contribution >= 0.6 is 0 Å². The Morgan fingerprint density at radius 3 is 2.22 bits per heavy atom. The number of benzene rings is 3. The monoisotopic (exact) mass is 454 g/mol. The molecule has 8 heteroatoms. The van der Waals surface area contributed by atoms with Crippen molar-refractivity contribution in [3.05, 3.63) is 83.9 Å². The molecular formula is C24H26N2O5S. The van der Waals surface area contributed by atoms with Gasteiger partial charge in [0.15, 0.2) is 11.5 Å². The normalized spacial score (nSPS) is 12.1. The first-order valence-electron chi connectivity index (χ1n) is 9.99. The third-order valence-electron chi connectivity index (χ3n) is 4.96. The quantitative estimate of drug-likeness (QED) is 0.516. The Morgan fingerprint density at radius 2 is 1.56 bits per heavy atom. The molecule has 0 aromatic heterocycles. The van der Waals surface area contributed by atoms with Crippen molar-refractivity contribution < 1.29 is 22.7 Å². The summed E-state index contributed by atoms with van der Waals surface area (Å²) < 4.78 is 39.2. The highest BCUT2D eigenvalue weighted by Crippen LogP contribution is 2.29. The van der Waals surface area contributed by atoms with Crippen LogP contribution in [0, 0.1) is 6.92 Å². The highest BCUT2D eigenvalue weighted by molar-refractivity contribution is 7.89. The second-order valence-electron chi connectivity index (χ2n) is 7.18. The minimum absolute atomic E-state index is 0.0306. The summed E-state index contributed by atoms with van der Waals surface area (Å²) in [7, 11) is -1.14. The van der Waals surface area contributed by atoms with E-state index in [1.807, 2.05) is 55.5 Å². The number of ether oxygens (including phenoxy) is 2. The Kier molecular flexibility index (Phi) is 7.50. The fourth-order valence-corrected chi connectivity index (χ4v) is 4.42. The van der Waals surface area contributed by atoms with Gasteiger partial charge in [0.2, 0.25) is 15.9 Å². The van der Waals surface area contributed by atoms with Crippen molar-refractivity contribution in [1.82, 2.24) is 4.72 Å². The number of para-hydroxylation sites is 1. The number of hydrogen-bond acceptors (Lipinski definition) is 5. The molecule has 0 fully saturated rings. The van der Waals surface area contributed by atoms with Crippen molar-refractivity contribution in [1.29, 1.82) is 0 Å². The van der Waals surface area contributed by atoms with Crippen LogP contribution in [0.1, 0.15) is 11.1 Å². The molecule has 3 aromatic carbocycles. The van der Waals surface area contributed by atoms with Gasteiger partial charge in [0, 0.05) is 11.8 Å². The molecule has 1 amide bonds. The molecular weight excluding hydrogens is 428 g/mol. The molecule has 0 saturated carbocycles. The first-order valence-corrected chi connectivity index (χ1v) is 11.5. The summed E-state index contributed by atoms with van der Waals surface area (Å²) in [6, 6.07) is 19.8. The smallest absolute Gasteiger partial charge is 0.242 e. The molecule has 0 saturated heterocycles. The van der Waals surface area contributed by atoms with E-state index in [0.29, 0.717) is 11.4 Å². The van der Waals surface area contributed by atoms with Crippen LogP contribution in [0.25, 0.3) is 0 Å². The van der Waals surface area contributed by atoms with E-state index in [2.05, 4.69) is 10.0 Å². The number of carbonyl (C=O) groups excluding carboxylic acids is 1. The van der Waals surface area contributed by atoms with Crippen LogP contribution in [-0.2, 0) is 21.2 Å². The molecule has 7 nitrogen and oxygen atoms in total. The summed E-state index contributed by atoms with van der Waals surface area (Å²) >= 11 is 0.